The van der Waals surface area contributed by atoms with Crippen LogP contribution in [0.4, 0.5) is 5.69 Å². The summed E-state index contributed by atoms with van der Waals surface area (Å²) in [6.07, 6.45) is 2.02. The molecule has 0 spiro atoms. The first kappa shape index (κ1) is 14.4. The molecule has 0 fully saturated rings. The minimum Gasteiger partial charge on any atom is -0.384 e. The third-order valence-electron chi connectivity index (χ3n) is 3.26. The van der Waals surface area contributed by atoms with Crippen molar-refractivity contribution in [1.82, 2.24) is 4.98 Å². The zero-order chi connectivity index (χ0) is 14.0. The Kier molecular flexibility index (Phi) is 4.54. The molecule has 0 amide bonds. The second kappa shape index (κ2) is 5.98. The van der Waals surface area contributed by atoms with E-state index in [0.29, 0.717) is 10.0 Å². The lowest BCUT2D eigenvalue weighted by molar-refractivity contribution is 0.969. The second-order valence-electron chi connectivity index (χ2n) is 4.59. The zero-order valence-corrected chi connectivity index (χ0v) is 13.0. The molecule has 0 atom stereocenters. The first-order valence-electron chi connectivity index (χ1n) is 6.61. The molecule has 0 unspecified atom stereocenters. The van der Waals surface area contributed by atoms with Gasteiger partial charge in [0.05, 0.1) is 15.6 Å². The topological polar surface area (TPSA) is 24.9 Å². The summed E-state index contributed by atoms with van der Waals surface area (Å²) in [6, 6.07) is 3.83. The number of nitrogens with zero attached hydrogens (tertiary/aromatic N) is 1. The van der Waals surface area contributed by atoms with Gasteiger partial charge < -0.3 is 5.32 Å². The number of hydrogen-bond acceptors (Lipinski definition) is 2. The molecule has 0 aliphatic rings. The summed E-state index contributed by atoms with van der Waals surface area (Å²) in [5.74, 6) is 0. The maximum absolute atomic E-state index is 6.28. The average Bonchev–Trinajstić information content (AvgIpc) is 2.40. The van der Waals surface area contributed by atoms with Crippen LogP contribution in [0, 0.1) is 6.92 Å². The highest BCUT2D eigenvalue weighted by molar-refractivity contribution is 6.45. The zero-order valence-electron chi connectivity index (χ0n) is 11.5. The molecule has 1 aromatic heterocycles. The number of nitrogens with one attached hydrogen (secondary N) is 1. The maximum Gasteiger partial charge on any atom is 0.0927 e. The van der Waals surface area contributed by atoms with E-state index < -0.39 is 0 Å². The molecule has 2 nitrogen and oxygen atoms in total. The van der Waals surface area contributed by atoms with Crippen LogP contribution in [0.2, 0.25) is 10.0 Å². The summed E-state index contributed by atoms with van der Waals surface area (Å²) in [5.41, 5.74) is 4.19. The Labute approximate surface area is 124 Å². The minimum absolute atomic E-state index is 0.532. The Hall–Kier alpha value is -0.990. The smallest absolute Gasteiger partial charge is 0.0927 e. The van der Waals surface area contributed by atoms with Gasteiger partial charge >= 0.3 is 0 Å². The number of anilines is 1. The van der Waals surface area contributed by atoms with E-state index in [2.05, 4.69) is 24.1 Å². The molecule has 0 aliphatic carbocycles. The van der Waals surface area contributed by atoms with Crippen LogP contribution in [0.25, 0.3) is 10.9 Å². The van der Waals surface area contributed by atoms with Gasteiger partial charge in [0.15, 0.2) is 0 Å². The van der Waals surface area contributed by atoms with Crippen LogP contribution in [-0.2, 0) is 6.42 Å². The molecule has 19 heavy (non-hydrogen) atoms. The van der Waals surface area contributed by atoms with Crippen molar-refractivity contribution < 1.29 is 0 Å². The van der Waals surface area contributed by atoms with Crippen LogP contribution in [0.15, 0.2) is 12.1 Å². The monoisotopic (exact) mass is 296 g/mol. The summed E-state index contributed by atoms with van der Waals surface area (Å²) in [7, 11) is 0. The number of halogens is 2. The van der Waals surface area contributed by atoms with Gasteiger partial charge in [-0.25, -0.2) is 0 Å². The van der Waals surface area contributed by atoms with E-state index in [1.165, 1.54) is 5.56 Å². The fourth-order valence-electron chi connectivity index (χ4n) is 2.31. The number of rotatable bonds is 4. The highest BCUT2D eigenvalue weighted by atomic mass is 35.5. The number of benzene rings is 1. The number of fused-ring (bicyclic) bond motifs is 1. The molecule has 0 saturated carbocycles. The lowest BCUT2D eigenvalue weighted by atomic mass is 10.0. The van der Waals surface area contributed by atoms with Crippen molar-refractivity contribution in [2.45, 2.75) is 33.6 Å². The Morgan fingerprint density at radius 3 is 2.58 bits per heavy atom. The van der Waals surface area contributed by atoms with Crippen molar-refractivity contribution in [3.8, 4) is 0 Å². The fourth-order valence-corrected chi connectivity index (χ4v) is 2.67. The van der Waals surface area contributed by atoms with Crippen molar-refractivity contribution >= 4 is 39.8 Å². The van der Waals surface area contributed by atoms with Crippen LogP contribution in [0.3, 0.4) is 0 Å². The molecule has 1 heterocycles. The fraction of sp³-hybridized carbons (Fsp3) is 0.400. The number of hydrogen-bond donors (Lipinski definition) is 1. The highest BCUT2D eigenvalue weighted by Crippen LogP contribution is 2.36. The molecule has 0 radical (unpaired) electrons. The Balaban J connectivity index is 2.75. The van der Waals surface area contributed by atoms with Crippen molar-refractivity contribution in [2.24, 2.45) is 0 Å². The number of pyridine rings is 1. The molecule has 1 aromatic carbocycles. The Bertz CT molecular complexity index is 609. The van der Waals surface area contributed by atoms with Gasteiger partial charge in [0.2, 0.25) is 0 Å². The second-order valence-corrected chi connectivity index (χ2v) is 5.37. The maximum atomic E-state index is 6.28. The quantitative estimate of drug-likeness (QED) is 0.835. The van der Waals surface area contributed by atoms with Gasteiger partial charge in [-0.05, 0) is 37.5 Å². The van der Waals surface area contributed by atoms with E-state index in [4.69, 9.17) is 23.2 Å². The van der Waals surface area contributed by atoms with Gasteiger partial charge in [-0.1, -0.05) is 37.0 Å². The molecule has 1 N–H and O–H groups in total. The van der Waals surface area contributed by atoms with E-state index in [9.17, 15) is 0 Å². The molecule has 0 bridgehead atoms. The van der Waals surface area contributed by atoms with Crippen molar-refractivity contribution in [3.05, 3.63) is 33.4 Å². The first-order chi connectivity index (χ1) is 9.10. The van der Waals surface area contributed by atoms with Crippen molar-refractivity contribution in [3.63, 3.8) is 0 Å². The van der Waals surface area contributed by atoms with Crippen molar-refractivity contribution in [2.75, 3.05) is 11.9 Å². The van der Waals surface area contributed by atoms with Gasteiger partial charge in [-0.15, -0.1) is 0 Å². The largest absolute Gasteiger partial charge is 0.384 e. The van der Waals surface area contributed by atoms with E-state index in [-0.39, 0.29) is 0 Å². The number of aryl methyl sites for hydroxylation is 1. The lowest BCUT2D eigenvalue weighted by Crippen LogP contribution is -2.06. The molecule has 102 valence electrons. The van der Waals surface area contributed by atoms with E-state index in [0.717, 1.165) is 41.7 Å². The molecule has 4 heteroatoms. The molecule has 0 saturated heterocycles. The van der Waals surface area contributed by atoms with Gasteiger partial charge in [0.1, 0.15) is 0 Å². The Morgan fingerprint density at radius 2 is 1.95 bits per heavy atom. The lowest BCUT2D eigenvalue weighted by Gasteiger charge is -2.16. The van der Waals surface area contributed by atoms with E-state index in [1.807, 2.05) is 19.1 Å². The van der Waals surface area contributed by atoms with Crippen LogP contribution < -0.4 is 5.32 Å². The summed E-state index contributed by atoms with van der Waals surface area (Å²) >= 11 is 12.4. The van der Waals surface area contributed by atoms with Crippen LogP contribution >= 0.6 is 23.2 Å². The van der Waals surface area contributed by atoms with Gasteiger partial charge in [-0.3, -0.25) is 4.98 Å². The van der Waals surface area contributed by atoms with Crippen LogP contribution in [-0.4, -0.2) is 11.5 Å². The molecule has 2 aromatic rings. The molecule has 2 rings (SSSR count). The van der Waals surface area contributed by atoms with Gasteiger partial charge in [0, 0.05) is 23.3 Å². The molecular formula is C15H18Cl2N2. The van der Waals surface area contributed by atoms with Crippen molar-refractivity contribution in [1.29, 1.82) is 0 Å². The molecular weight excluding hydrogens is 279 g/mol. The van der Waals surface area contributed by atoms with Gasteiger partial charge in [0.25, 0.3) is 0 Å². The highest BCUT2D eigenvalue weighted by Gasteiger charge is 2.14. The van der Waals surface area contributed by atoms with E-state index in [1.54, 1.807) is 0 Å². The predicted molar refractivity (Wildman–Crippen MR) is 84.7 cm³/mol. The average molecular weight is 297 g/mol. The SMILES string of the molecule is CCCNc1c(CC)c(C)nc2c(Cl)c(Cl)ccc12. The minimum atomic E-state index is 0.532. The first-order valence-corrected chi connectivity index (χ1v) is 7.36. The summed E-state index contributed by atoms with van der Waals surface area (Å²) < 4.78 is 0. The third-order valence-corrected chi connectivity index (χ3v) is 4.06. The number of aromatic nitrogens is 1. The summed E-state index contributed by atoms with van der Waals surface area (Å²) in [4.78, 5) is 4.62. The van der Waals surface area contributed by atoms with Gasteiger partial charge in [-0.2, -0.15) is 0 Å². The Morgan fingerprint density at radius 1 is 1.21 bits per heavy atom. The summed E-state index contributed by atoms with van der Waals surface area (Å²) in [5, 5.41) is 5.63. The molecule has 0 aliphatic heterocycles. The normalized spacial score (nSPS) is 11.0. The van der Waals surface area contributed by atoms with Crippen LogP contribution in [0.1, 0.15) is 31.5 Å². The predicted octanol–water partition coefficient (Wildman–Crippen LogP) is 5.23. The standard InChI is InChI=1S/C15H18Cl2N2/c1-4-8-18-14-10(5-2)9(3)19-15-11(14)6-7-12(16)13(15)17/h6-7H,4-5,8H2,1-3H3,(H,18,19). The summed E-state index contributed by atoms with van der Waals surface area (Å²) in [6.45, 7) is 7.25. The van der Waals surface area contributed by atoms with E-state index >= 15 is 0 Å². The third kappa shape index (κ3) is 2.65. The van der Waals surface area contributed by atoms with Crippen LogP contribution in [0.5, 0.6) is 0 Å².